The fraction of sp³-hybridized carbons (Fsp3) is 0.100. The summed E-state index contributed by atoms with van der Waals surface area (Å²) in [6, 6.07) is 5.13. The van der Waals surface area contributed by atoms with Crippen LogP contribution in [0, 0.1) is 28.4 Å². The fourth-order valence-corrected chi connectivity index (χ4v) is 1.56. The molecule has 1 aromatic heterocycles. The lowest BCUT2D eigenvalue weighted by atomic mass is 10.1. The predicted octanol–water partition coefficient (Wildman–Crippen LogP) is 2.26. The van der Waals surface area contributed by atoms with Gasteiger partial charge in [-0.3, -0.25) is 10.1 Å². The molecule has 0 amide bonds. The number of nitro groups is 1. The van der Waals surface area contributed by atoms with Gasteiger partial charge >= 0.3 is 0 Å². The Morgan fingerprint density at radius 1 is 1.53 bits per heavy atom. The van der Waals surface area contributed by atoms with Gasteiger partial charge in [-0.1, -0.05) is 0 Å². The Labute approximate surface area is 85.1 Å². The summed E-state index contributed by atoms with van der Waals surface area (Å²) in [5.41, 5.74) is 1.74. The van der Waals surface area contributed by atoms with Crippen molar-refractivity contribution < 1.29 is 4.92 Å². The SMILES string of the molecule is Cc1cc2c(C#N)c[nH]c2cc1[N+](=O)[O-]. The van der Waals surface area contributed by atoms with Gasteiger partial charge in [-0.25, -0.2) is 0 Å². The maximum atomic E-state index is 10.7. The lowest BCUT2D eigenvalue weighted by Crippen LogP contribution is -1.91. The van der Waals surface area contributed by atoms with E-state index < -0.39 is 4.92 Å². The van der Waals surface area contributed by atoms with Gasteiger partial charge in [-0.05, 0) is 13.0 Å². The standard InChI is InChI=1S/C10H7N3O2/c1-6-2-8-7(4-11)5-12-9(8)3-10(6)13(14)15/h2-3,5,12H,1H3. The molecule has 0 spiro atoms. The maximum absolute atomic E-state index is 10.7. The summed E-state index contributed by atoms with van der Waals surface area (Å²) in [4.78, 5) is 13.1. The van der Waals surface area contributed by atoms with Crippen molar-refractivity contribution in [3.63, 3.8) is 0 Å². The van der Waals surface area contributed by atoms with Crippen LogP contribution in [0.25, 0.3) is 10.9 Å². The van der Waals surface area contributed by atoms with Crippen LogP contribution in [-0.2, 0) is 0 Å². The van der Waals surface area contributed by atoms with Crippen LogP contribution < -0.4 is 0 Å². The summed E-state index contributed by atoms with van der Waals surface area (Å²) in [6.45, 7) is 1.66. The van der Waals surface area contributed by atoms with Crippen molar-refractivity contribution in [3.8, 4) is 6.07 Å². The van der Waals surface area contributed by atoms with Gasteiger partial charge < -0.3 is 4.98 Å². The summed E-state index contributed by atoms with van der Waals surface area (Å²) in [6.07, 6.45) is 1.55. The van der Waals surface area contributed by atoms with Gasteiger partial charge in [0.1, 0.15) is 6.07 Å². The molecule has 0 aliphatic carbocycles. The highest BCUT2D eigenvalue weighted by molar-refractivity contribution is 5.88. The van der Waals surface area contributed by atoms with Crippen molar-refractivity contribution >= 4 is 16.6 Å². The summed E-state index contributed by atoms with van der Waals surface area (Å²) >= 11 is 0. The molecule has 5 nitrogen and oxygen atoms in total. The molecule has 0 radical (unpaired) electrons. The van der Waals surface area contributed by atoms with E-state index in [-0.39, 0.29) is 5.69 Å². The molecule has 0 atom stereocenters. The topological polar surface area (TPSA) is 82.7 Å². The normalized spacial score (nSPS) is 10.1. The van der Waals surface area contributed by atoms with Crippen molar-refractivity contribution in [3.05, 3.63) is 39.6 Å². The Bertz CT molecular complexity index is 592. The molecule has 0 unspecified atom stereocenters. The van der Waals surface area contributed by atoms with Gasteiger partial charge in [0, 0.05) is 23.2 Å². The van der Waals surface area contributed by atoms with E-state index >= 15 is 0 Å². The van der Waals surface area contributed by atoms with Crippen molar-refractivity contribution in [2.75, 3.05) is 0 Å². The molecular weight excluding hydrogens is 194 g/mol. The Kier molecular flexibility index (Phi) is 1.90. The molecule has 2 rings (SSSR count). The molecule has 1 N–H and O–H groups in total. The number of hydrogen-bond acceptors (Lipinski definition) is 3. The fourth-order valence-electron chi connectivity index (χ4n) is 1.56. The van der Waals surface area contributed by atoms with Crippen LogP contribution >= 0.6 is 0 Å². The van der Waals surface area contributed by atoms with Crippen LogP contribution in [0.3, 0.4) is 0 Å². The lowest BCUT2D eigenvalue weighted by molar-refractivity contribution is -0.385. The van der Waals surface area contributed by atoms with Crippen molar-refractivity contribution in [1.29, 1.82) is 5.26 Å². The average Bonchev–Trinajstić information content (AvgIpc) is 2.58. The quantitative estimate of drug-likeness (QED) is 0.567. The van der Waals surface area contributed by atoms with Crippen molar-refractivity contribution in [2.24, 2.45) is 0 Å². The molecule has 0 bridgehead atoms. The molecule has 0 aliphatic rings. The highest BCUT2D eigenvalue weighted by Gasteiger charge is 2.13. The third kappa shape index (κ3) is 1.32. The second kappa shape index (κ2) is 3.10. The second-order valence-electron chi connectivity index (χ2n) is 3.26. The number of H-pyrrole nitrogens is 1. The number of rotatable bonds is 1. The van der Waals surface area contributed by atoms with E-state index in [2.05, 4.69) is 4.98 Å². The Morgan fingerprint density at radius 2 is 2.27 bits per heavy atom. The number of aromatic amines is 1. The molecule has 0 aliphatic heterocycles. The van der Waals surface area contributed by atoms with Gasteiger partial charge in [0.05, 0.1) is 16.0 Å². The van der Waals surface area contributed by atoms with Crippen LogP contribution in [0.1, 0.15) is 11.1 Å². The molecule has 2 aromatic rings. The molecule has 74 valence electrons. The van der Waals surface area contributed by atoms with E-state index in [1.807, 2.05) is 6.07 Å². The van der Waals surface area contributed by atoms with Crippen LogP contribution in [-0.4, -0.2) is 9.91 Å². The molecule has 1 aromatic carbocycles. The van der Waals surface area contributed by atoms with Gasteiger partial charge in [0.2, 0.25) is 0 Å². The van der Waals surface area contributed by atoms with E-state index in [9.17, 15) is 10.1 Å². The maximum Gasteiger partial charge on any atom is 0.274 e. The van der Waals surface area contributed by atoms with Crippen LogP contribution in [0.2, 0.25) is 0 Å². The minimum atomic E-state index is -0.429. The van der Waals surface area contributed by atoms with E-state index in [0.717, 1.165) is 5.39 Å². The highest BCUT2D eigenvalue weighted by Crippen LogP contribution is 2.26. The first-order valence-electron chi connectivity index (χ1n) is 4.29. The number of nitrogens with one attached hydrogen (secondary N) is 1. The summed E-state index contributed by atoms with van der Waals surface area (Å²) < 4.78 is 0. The van der Waals surface area contributed by atoms with Crippen LogP contribution in [0.15, 0.2) is 18.3 Å². The van der Waals surface area contributed by atoms with Crippen LogP contribution in [0.4, 0.5) is 5.69 Å². The Balaban J connectivity index is 2.79. The number of nitrogens with zero attached hydrogens (tertiary/aromatic N) is 2. The molecule has 0 saturated carbocycles. The van der Waals surface area contributed by atoms with E-state index in [1.165, 1.54) is 6.07 Å². The number of hydrogen-bond donors (Lipinski definition) is 1. The summed E-state index contributed by atoms with van der Waals surface area (Å²) in [7, 11) is 0. The molecule has 0 fully saturated rings. The zero-order chi connectivity index (χ0) is 11.0. The number of aryl methyl sites for hydroxylation is 1. The van der Waals surface area contributed by atoms with Crippen molar-refractivity contribution in [1.82, 2.24) is 4.98 Å². The number of fused-ring (bicyclic) bond motifs is 1. The predicted molar refractivity (Wildman–Crippen MR) is 54.4 cm³/mol. The number of nitro benzene ring substituents is 1. The first-order valence-corrected chi connectivity index (χ1v) is 4.29. The molecule has 0 saturated heterocycles. The molecular formula is C10H7N3O2. The van der Waals surface area contributed by atoms with Gasteiger partial charge in [0.15, 0.2) is 0 Å². The molecule has 15 heavy (non-hydrogen) atoms. The van der Waals surface area contributed by atoms with Crippen molar-refractivity contribution in [2.45, 2.75) is 6.92 Å². The Morgan fingerprint density at radius 3 is 2.87 bits per heavy atom. The second-order valence-corrected chi connectivity index (χ2v) is 3.26. The minimum absolute atomic E-state index is 0.0637. The number of nitriles is 1. The minimum Gasteiger partial charge on any atom is -0.360 e. The van der Waals surface area contributed by atoms with Crippen LogP contribution in [0.5, 0.6) is 0 Å². The molecule has 5 heteroatoms. The summed E-state index contributed by atoms with van der Waals surface area (Å²) in [5.74, 6) is 0. The zero-order valence-electron chi connectivity index (χ0n) is 7.94. The van der Waals surface area contributed by atoms with Gasteiger partial charge in [-0.15, -0.1) is 0 Å². The summed E-state index contributed by atoms with van der Waals surface area (Å²) in [5, 5.41) is 20.2. The number of benzene rings is 1. The lowest BCUT2D eigenvalue weighted by Gasteiger charge is -1.97. The number of aromatic nitrogens is 1. The first-order chi connectivity index (χ1) is 7.13. The Hall–Kier alpha value is -2.35. The van der Waals surface area contributed by atoms with Gasteiger partial charge in [-0.2, -0.15) is 5.26 Å². The third-order valence-electron chi connectivity index (χ3n) is 2.32. The largest absolute Gasteiger partial charge is 0.360 e. The van der Waals surface area contributed by atoms with E-state index in [4.69, 9.17) is 5.26 Å². The van der Waals surface area contributed by atoms with Gasteiger partial charge in [0.25, 0.3) is 5.69 Å². The smallest absolute Gasteiger partial charge is 0.274 e. The average molecular weight is 201 g/mol. The molecule has 1 heterocycles. The van der Waals surface area contributed by atoms with E-state index in [0.29, 0.717) is 16.6 Å². The zero-order valence-corrected chi connectivity index (χ0v) is 7.94. The van der Waals surface area contributed by atoms with E-state index in [1.54, 1.807) is 19.2 Å². The third-order valence-corrected chi connectivity index (χ3v) is 2.32. The monoisotopic (exact) mass is 201 g/mol. The first kappa shape index (κ1) is 9.21. The highest BCUT2D eigenvalue weighted by atomic mass is 16.6.